The summed E-state index contributed by atoms with van der Waals surface area (Å²) in [5, 5.41) is 8.69. The molecular weight excluding hydrogens is 152 g/mol. The van der Waals surface area contributed by atoms with E-state index in [0.29, 0.717) is 0 Å². The van der Waals surface area contributed by atoms with Crippen LogP contribution >= 0.6 is 0 Å². The number of aliphatic carboxylic acids is 1. The van der Waals surface area contributed by atoms with E-state index in [1.165, 1.54) is 0 Å². The van der Waals surface area contributed by atoms with Gasteiger partial charge in [-0.25, -0.2) is 0 Å². The fraction of sp³-hybridized carbons (Fsp3) is 0.500. The van der Waals surface area contributed by atoms with Gasteiger partial charge in [-0.1, -0.05) is 31.2 Å². The smallest absolute Gasteiger partial charge is 0.304 e. The van der Waals surface area contributed by atoms with Gasteiger partial charge in [0.15, 0.2) is 0 Å². The van der Waals surface area contributed by atoms with E-state index in [9.17, 15) is 4.79 Å². The molecule has 0 atom stereocenters. The predicted molar refractivity (Wildman–Crippen MR) is 47.9 cm³/mol. The molecular formula is C10H14O2. The molecule has 0 saturated carbocycles. The quantitative estimate of drug-likeness (QED) is 0.653. The number of allylic oxidation sites excluding steroid dienone is 4. The Morgan fingerprint density at radius 3 is 2.50 bits per heavy atom. The topological polar surface area (TPSA) is 37.3 Å². The Morgan fingerprint density at radius 1 is 1.50 bits per heavy atom. The number of hydrogen-bond donors (Lipinski definition) is 1. The van der Waals surface area contributed by atoms with Crippen LogP contribution < -0.4 is 0 Å². The van der Waals surface area contributed by atoms with Gasteiger partial charge in [0.05, 0.1) is 6.42 Å². The van der Waals surface area contributed by atoms with Crippen molar-refractivity contribution >= 4 is 5.97 Å². The molecule has 0 amide bonds. The second-order valence-corrected chi connectivity index (χ2v) is 3.20. The first-order chi connectivity index (χ1) is 5.68. The van der Waals surface area contributed by atoms with Crippen molar-refractivity contribution < 1.29 is 9.90 Å². The lowest BCUT2D eigenvalue weighted by molar-refractivity contribution is -0.138. The predicted octanol–water partition coefficient (Wildman–Crippen LogP) is 2.37. The van der Waals surface area contributed by atoms with Crippen LogP contribution in [0.2, 0.25) is 0 Å². The lowest BCUT2D eigenvalue weighted by atomic mass is 9.79. The average molecular weight is 166 g/mol. The Balaban J connectivity index is 2.74. The molecule has 0 radical (unpaired) electrons. The first-order valence-corrected chi connectivity index (χ1v) is 4.26. The highest BCUT2D eigenvalue weighted by atomic mass is 16.4. The Bertz CT molecular complexity index is 214. The van der Waals surface area contributed by atoms with Crippen molar-refractivity contribution in [3.8, 4) is 0 Å². The number of rotatable bonds is 3. The van der Waals surface area contributed by atoms with Crippen LogP contribution in [0.1, 0.15) is 26.2 Å². The molecule has 66 valence electrons. The molecule has 2 heteroatoms. The highest BCUT2D eigenvalue weighted by Crippen LogP contribution is 2.32. The van der Waals surface area contributed by atoms with E-state index < -0.39 is 5.97 Å². The lowest BCUT2D eigenvalue weighted by Crippen LogP contribution is -2.19. The number of carbonyl (C=O) groups is 1. The molecule has 0 unspecified atom stereocenters. The summed E-state index contributed by atoms with van der Waals surface area (Å²) >= 11 is 0. The minimum atomic E-state index is -0.729. The summed E-state index contributed by atoms with van der Waals surface area (Å²) in [5.74, 6) is -0.729. The number of hydrogen-bond acceptors (Lipinski definition) is 1. The molecule has 1 aliphatic rings. The maximum Gasteiger partial charge on any atom is 0.304 e. The van der Waals surface area contributed by atoms with Gasteiger partial charge < -0.3 is 5.11 Å². The molecule has 1 aliphatic carbocycles. The second kappa shape index (κ2) is 3.57. The zero-order valence-electron chi connectivity index (χ0n) is 7.29. The molecule has 1 N–H and O–H groups in total. The summed E-state index contributed by atoms with van der Waals surface area (Å²) in [6, 6.07) is 0. The highest BCUT2D eigenvalue weighted by Gasteiger charge is 2.25. The molecule has 0 aromatic heterocycles. The first-order valence-electron chi connectivity index (χ1n) is 4.26. The Morgan fingerprint density at radius 2 is 2.08 bits per heavy atom. The number of carboxylic acids is 1. The minimum absolute atomic E-state index is 0.205. The summed E-state index contributed by atoms with van der Waals surface area (Å²) in [6.07, 6.45) is 10.1. The van der Waals surface area contributed by atoms with Crippen LogP contribution in [0.3, 0.4) is 0 Å². The van der Waals surface area contributed by atoms with Crippen LogP contribution in [0.25, 0.3) is 0 Å². The van der Waals surface area contributed by atoms with Gasteiger partial charge in [0.25, 0.3) is 0 Å². The van der Waals surface area contributed by atoms with Crippen LogP contribution in [0.15, 0.2) is 24.3 Å². The zero-order valence-corrected chi connectivity index (χ0v) is 7.29. The van der Waals surface area contributed by atoms with Crippen molar-refractivity contribution in [1.82, 2.24) is 0 Å². The summed E-state index contributed by atoms with van der Waals surface area (Å²) in [5.41, 5.74) is -0.218. The van der Waals surface area contributed by atoms with Crippen LogP contribution in [0.4, 0.5) is 0 Å². The molecule has 0 heterocycles. The fourth-order valence-corrected chi connectivity index (χ4v) is 1.50. The third kappa shape index (κ3) is 1.97. The van der Waals surface area contributed by atoms with E-state index in [2.05, 4.69) is 0 Å². The third-order valence-corrected chi connectivity index (χ3v) is 2.31. The van der Waals surface area contributed by atoms with Crippen LogP contribution in [0.5, 0.6) is 0 Å². The molecule has 0 spiro atoms. The lowest BCUT2D eigenvalue weighted by Gasteiger charge is -2.25. The van der Waals surface area contributed by atoms with Gasteiger partial charge in [-0.2, -0.15) is 0 Å². The van der Waals surface area contributed by atoms with Gasteiger partial charge in [-0.05, 0) is 12.8 Å². The molecule has 12 heavy (non-hydrogen) atoms. The average Bonchev–Trinajstić information content (AvgIpc) is 2.05. The van der Waals surface area contributed by atoms with E-state index in [1.54, 1.807) is 0 Å². The third-order valence-electron chi connectivity index (χ3n) is 2.31. The molecule has 0 bridgehead atoms. The molecule has 0 aliphatic heterocycles. The molecule has 0 fully saturated rings. The van der Waals surface area contributed by atoms with Crippen molar-refractivity contribution in [2.75, 3.05) is 0 Å². The van der Waals surface area contributed by atoms with E-state index >= 15 is 0 Å². The van der Waals surface area contributed by atoms with Crippen LogP contribution in [-0.2, 0) is 4.79 Å². The van der Waals surface area contributed by atoms with Crippen LogP contribution in [-0.4, -0.2) is 11.1 Å². The molecule has 0 saturated heterocycles. The summed E-state index contributed by atoms with van der Waals surface area (Å²) in [4.78, 5) is 10.6. The Labute approximate surface area is 72.6 Å². The van der Waals surface area contributed by atoms with Crippen molar-refractivity contribution in [3.63, 3.8) is 0 Å². The monoisotopic (exact) mass is 166 g/mol. The number of carboxylic acid groups (broad SMARTS) is 1. The maximum atomic E-state index is 10.6. The maximum absolute atomic E-state index is 10.6. The SMILES string of the molecule is CCC1(CC(=O)O)C=CCC=C1. The van der Waals surface area contributed by atoms with Gasteiger partial charge in [0.1, 0.15) is 0 Å². The van der Waals surface area contributed by atoms with Crippen molar-refractivity contribution in [1.29, 1.82) is 0 Å². The fourth-order valence-electron chi connectivity index (χ4n) is 1.50. The van der Waals surface area contributed by atoms with Crippen LogP contribution in [0, 0.1) is 5.41 Å². The summed E-state index contributed by atoms with van der Waals surface area (Å²) < 4.78 is 0. The molecule has 2 nitrogen and oxygen atoms in total. The normalized spacial score (nSPS) is 19.4. The Hall–Kier alpha value is -1.05. The van der Waals surface area contributed by atoms with Gasteiger partial charge in [0.2, 0.25) is 0 Å². The molecule has 0 aromatic rings. The zero-order chi connectivity index (χ0) is 9.03. The Kier molecular flexibility index (Phi) is 2.69. The standard InChI is InChI=1S/C10H14O2/c1-2-10(8-9(11)12)6-4-3-5-7-10/h4-7H,2-3,8H2,1H3,(H,11,12). The van der Waals surface area contributed by atoms with E-state index in [4.69, 9.17) is 5.11 Å². The van der Waals surface area contributed by atoms with Gasteiger partial charge in [-0.15, -0.1) is 0 Å². The molecule has 1 rings (SSSR count). The van der Waals surface area contributed by atoms with Gasteiger partial charge in [0, 0.05) is 5.41 Å². The van der Waals surface area contributed by atoms with E-state index in [0.717, 1.165) is 12.8 Å². The first kappa shape index (κ1) is 9.04. The second-order valence-electron chi connectivity index (χ2n) is 3.20. The summed E-state index contributed by atoms with van der Waals surface area (Å²) in [6.45, 7) is 2.02. The summed E-state index contributed by atoms with van der Waals surface area (Å²) in [7, 11) is 0. The van der Waals surface area contributed by atoms with Crippen molar-refractivity contribution in [3.05, 3.63) is 24.3 Å². The van der Waals surface area contributed by atoms with E-state index in [1.807, 2.05) is 31.2 Å². The highest BCUT2D eigenvalue weighted by molar-refractivity contribution is 5.68. The largest absolute Gasteiger partial charge is 0.481 e. The minimum Gasteiger partial charge on any atom is -0.481 e. The van der Waals surface area contributed by atoms with E-state index in [-0.39, 0.29) is 11.8 Å². The molecule has 0 aromatic carbocycles. The van der Waals surface area contributed by atoms with Gasteiger partial charge in [-0.3, -0.25) is 4.79 Å². The van der Waals surface area contributed by atoms with Crippen molar-refractivity contribution in [2.45, 2.75) is 26.2 Å². The van der Waals surface area contributed by atoms with Gasteiger partial charge >= 0.3 is 5.97 Å². The van der Waals surface area contributed by atoms with Crippen molar-refractivity contribution in [2.24, 2.45) is 5.41 Å².